The van der Waals surface area contributed by atoms with Gasteiger partial charge in [0.25, 0.3) is 0 Å². The Morgan fingerprint density at radius 1 is 1.12 bits per heavy atom. The van der Waals surface area contributed by atoms with E-state index in [0.29, 0.717) is 5.02 Å². The Kier molecular flexibility index (Phi) is 4.88. The molecule has 2 aliphatic rings. The fraction of sp³-hybridized carbons (Fsp3) is 0.381. The minimum Gasteiger partial charge on any atom is -0.324 e. The molecule has 1 atom stereocenters. The summed E-state index contributed by atoms with van der Waals surface area (Å²) in [5, 5.41) is 7.24. The number of carbonyl (C=O) groups is 1. The predicted molar refractivity (Wildman–Crippen MR) is 107 cm³/mol. The second-order valence-corrected chi connectivity index (χ2v) is 7.91. The number of piperidine rings is 1. The number of amides is 2. The first kappa shape index (κ1) is 17.4. The summed E-state index contributed by atoms with van der Waals surface area (Å²) in [5.74, 6) is 0. The molecule has 4 rings (SSSR count). The Balaban J connectivity index is 1.47. The highest BCUT2D eigenvalue weighted by atomic mass is 35.5. The molecular weight excluding hydrogens is 346 g/mol. The van der Waals surface area contributed by atoms with Crippen LogP contribution in [0.15, 0.2) is 48.5 Å². The Morgan fingerprint density at radius 2 is 1.92 bits per heavy atom. The molecule has 1 unspecified atom stereocenters. The van der Waals surface area contributed by atoms with Crippen molar-refractivity contribution in [3.05, 3.63) is 53.6 Å². The van der Waals surface area contributed by atoms with E-state index in [0.717, 1.165) is 49.4 Å². The largest absolute Gasteiger partial charge is 0.324 e. The Hall–Kier alpha value is -2.04. The summed E-state index contributed by atoms with van der Waals surface area (Å²) in [7, 11) is 0. The van der Waals surface area contributed by atoms with E-state index in [1.165, 1.54) is 12.8 Å². The summed E-state index contributed by atoms with van der Waals surface area (Å²) < 4.78 is 0. The average molecular weight is 370 g/mol. The molecule has 26 heavy (non-hydrogen) atoms. The number of rotatable bonds is 2. The highest BCUT2D eigenvalue weighted by Gasteiger charge is 2.39. The Bertz CT molecular complexity index is 801. The van der Waals surface area contributed by atoms with Crippen molar-refractivity contribution in [1.82, 2.24) is 10.2 Å². The molecule has 2 N–H and O–H groups in total. The molecule has 2 fully saturated rings. The van der Waals surface area contributed by atoms with Gasteiger partial charge in [-0.05, 0) is 61.2 Å². The zero-order valence-electron chi connectivity index (χ0n) is 14.8. The molecule has 1 spiro atoms. The van der Waals surface area contributed by atoms with E-state index in [4.69, 9.17) is 11.6 Å². The second kappa shape index (κ2) is 7.29. The van der Waals surface area contributed by atoms with Gasteiger partial charge in [0.1, 0.15) is 0 Å². The molecule has 0 aliphatic carbocycles. The van der Waals surface area contributed by atoms with Gasteiger partial charge in [-0.2, -0.15) is 0 Å². The maximum atomic E-state index is 12.8. The summed E-state index contributed by atoms with van der Waals surface area (Å²) >= 11 is 6.10. The first-order valence-electron chi connectivity index (χ1n) is 9.26. The molecule has 2 aromatic carbocycles. The van der Waals surface area contributed by atoms with Crippen LogP contribution >= 0.6 is 11.6 Å². The highest BCUT2D eigenvalue weighted by molar-refractivity contribution is 6.30. The van der Waals surface area contributed by atoms with Crippen LogP contribution in [0.1, 0.15) is 19.3 Å². The summed E-state index contributed by atoms with van der Waals surface area (Å²) in [6.07, 6.45) is 3.46. The third-order valence-corrected chi connectivity index (χ3v) is 5.79. The molecule has 2 heterocycles. The zero-order valence-corrected chi connectivity index (χ0v) is 15.6. The topological polar surface area (TPSA) is 44.4 Å². The van der Waals surface area contributed by atoms with Gasteiger partial charge in [0.15, 0.2) is 0 Å². The van der Waals surface area contributed by atoms with Crippen LogP contribution < -0.4 is 10.6 Å². The van der Waals surface area contributed by atoms with Gasteiger partial charge in [-0.15, -0.1) is 0 Å². The van der Waals surface area contributed by atoms with Crippen molar-refractivity contribution in [1.29, 1.82) is 0 Å². The minimum atomic E-state index is -0.000723. The van der Waals surface area contributed by atoms with Crippen molar-refractivity contribution >= 4 is 23.3 Å². The molecule has 136 valence electrons. The Labute approximate surface area is 159 Å². The van der Waals surface area contributed by atoms with Crippen LogP contribution in [0.25, 0.3) is 11.1 Å². The number of nitrogens with zero attached hydrogens (tertiary/aromatic N) is 1. The number of benzene rings is 2. The normalized spacial score (nSPS) is 22.6. The van der Waals surface area contributed by atoms with E-state index >= 15 is 0 Å². The number of likely N-dealkylation sites (tertiary alicyclic amines) is 1. The van der Waals surface area contributed by atoms with Crippen LogP contribution in [0, 0.1) is 5.41 Å². The lowest BCUT2D eigenvalue weighted by atomic mass is 9.79. The number of anilines is 1. The quantitative estimate of drug-likeness (QED) is 0.811. The van der Waals surface area contributed by atoms with Gasteiger partial charge < -0.3 is 15.5 Å². The molecule has 0 saturated carbocycles. The van der Waals surface area contributed by atoms with Gasteiger partial charge in [-0.25, -0.2) is 4.79 Å². The summed E-state index contributed by atoms with van der Waals surface area (Å²) in [5.41, 5.74) is 3.18. The predicted octanol–water partition coefficient (Wildman–Crippen LogP) is 4.61. The summed E-state index contributed by atoms with van der Waals surface area (Å²) in [6.45, 7) is 3.78. The molecule has 2 aromatic rings. The van der Waals surface area contributed by atoms with Crippen molar-refractivity contribution in [2.45, 2.75) is 19.3 Å². The van der Waals surface area contributed by atoms with E-state index in [-0.39, 0.29) is 11.4 Å². The van der Waals surface area contributed by atoms with E-state index in [9.17, 15) is 4.79 Å². The number of nitrogens with one attached hydrogen (secondary N) is 2. The first-order chi connectivity index (χ1) is 12.6. The maximum Gasteiger partial charge on any atom is 0.321 e. The molecule has 0 aromatic heterocycles. The lowest BCUT2D eigenvalue weighted by molar-refractivity contribution is 0.125. The van der Waals surface area contributed by atoms with Gasteiger partial charge in [-0.1, -0.05) is 35.9 Å². The number of urea groups is 1. The lowest BCUT2D eigenvalue weighted by Gasteiger charge is -2.39. The monoisotopic (exact) mass is 369 g/mol. The lowest BCUT2D eigenvalue weighted by Crippen LogP contribution is -2.48. The van der Waals surface area contributed by atoms with Gasteiger partial charge in [0.05, 0.1) is 0 Å². The maximum absolute atomic E-state index is 12.8. The fourth-order valence-corrected chi connectivity index (χ4v) is 4.36. The SMILES string of the molecule is O=C(Nc1cccc(-c2cccc(Cl)c2)c1)N1CCCC2(CCNC2)C1. The van der Waals surface area contributed by atoms with Crippen molar-refractivity contribution in [2.24, 2.45) is 5.41 Å². The number of carbonyl (C=O) groups excluding carboxylic acids is 1. The van der Waals surface area contributed by atoms with Crippen LogP contribution in [0.5, 0.6) is 0 Å². The fourth-order valence-electron chi connectivity index (χ4n) is 4.17. The molecule has 4 nitrogen and oxygen atoms in total. The van der Waals surface area contributed by atoms with Gasteiger partial charge in [0.2, 0.25) is 0 Å². The number of halogens is 1. The molecule has 0 radical (unpaired) electrons. The Morgan fingerprint density at radius 3 is 2.69 bits per heavy atom. The molecule has 2 amide bonds. The van der Waals surface area contributed by atoms with Crippen molar-refractivity contribution < 1.29 is 4.79 Å². The van der Waals surface area contributed by atoms with Crippen LogP contribution in [0.3, 0.4) is 0 Å². The van der Waals surface area contributed by atoms with Gasteiger partial charge in [-0.3, -0.25) is 0 Å². The molecule has 2 saturated heterocycles. The number of hydrogen-bond donors (Lipinski definition) is 2. The average Bonchev–Trinajstić information content (AvgIpc) is 3.09. The number of hydrogen-bond acceptors (Lipinski definition) is 2. The van der Waals surface area contributed by atoms with Crippen LogP contribution in [0.4, 0.5) is 10.5 Å². The third-order valence-electron chi connectivity index (χ3n) is 5.55. The van der Waals surface area contributed by atoms with Gasteiger partial charge in [0, 0.05) is 35.8 Å². The molecule has 2 aliphatic heterocycles. The summed E-state index contributed by atoms with van der Waals surface area (Å²) in [6, 6.07) is 15.7. The second-order valence-electron chi connectivity index (χ2n) is 7.47. The molecule has 0 bridgehead atoms. The highest BCUT2D eigenvalue weighted by Crippen LogP contribution is 2.35. The molecule has 5 heteroatoms. The van der Waals surface area contributed by atoms with E-state index in [2.05, 4.69) is 10.6 Å². The first-order valence-corrected chi connectivity index (χ1v) is 9.64. The van der Waals surface area contributed by atoms with Crippen molar-refractivity contribution in [3.63, 3.8) is 0 Å². The van der Waals surface area contributed by atoms with Crippen LogP contribution in [-0.2, 0) is 0 Å². The van der Waals surface area contributed by atoms with Crippen molar-refractivity contribution in [3.8, 4) is 11.1 Å². The van der Waals surface area contributed by atoms with E-state index in [1.807, 2.05) is 53.4 Å². The van der Waals surface area contributed by atoms with E-state index in [1.54, 1.807) is 0 Å². The van der Waals surface area contributed by atoms with E-state index < -0.39 is 0 Å². The zero-order chi connectivity index (χ0) is 18.0. The standard InChI is InChI=1S/C21H24ClN3O/c22-18-6-1-4-16(12-18)17-5-2-7-19(13-17)24-20(26)25-11-3-8-21(15-25)9-10-23-14-21/h1-2,4-7,12-13,23H,3,8-11,14-15H2,(H,24,26). The van der Waals surface area contributed by atoms with Gasteiger partial charge >= 0.3 is 6.03 Å². The smallest absolute Gasteiger partial charge is 0.321 e. The van der Waals surface area contributed by atoms with Crippen molar-refractivity contribution in [2.75, 3.05) is 31.5 Å². The summed E-state index contributed by atoms with van der Waals surface area (Å²) in [4.78, 5) is 14.8. The third kappa shape index (κ3) is 3.71. The van der Waals surface area contributed by atoms with Crippen LogP contribution in [-0.4, -0.2) is 37.1 Å². The molecular formula is C21H24ClN3O. The van der Waals surface area contributed by atoms with Crippen LogP contribution in [0.2, 0.25) is 5.02 Å². The minimum absolute atomic E-state index is 0.000723.